The van der Waals surface area contributed by atoms with Crippen LogP contribution in [0.15, 0.2) is 78.9 Å². The molecule has 0 unspecified atom stereocenters. The number of rotatable bonds is 7. The van der Waals surface area contributed by atoms with Gasteiger partial charge in [0, 0.05) is 0 Å². The molecule has 0 spiro atoms. The zero-order chi connectivity index (χ0) is 20.6. The SMILES string of the molecule is COC(=O)C(C(=O)OC)c1cc(Cc2ccccc2)cc(Cc2ccccc2)c1. The Morgan fingerprint density at radius 3 is 1.45 bits per heavy atom. The summed E-state index contributed by atoms with van der Waals surface area (Å²) in [5, 5.41) is 0. The van der Waals surface area contributed by atoms with E-state index in [0.29, 0.717) is 18.4 Å². The minimum absolute atomic E-state index is 0.586. The molecule has 0 bridgehead atoms. The second-order valence-corrected chi connectivity index (χ2v) is 6.89. The van der Waals surface area contributed by atoms with Crippen LogP contribution in [0.5, 0.6) is 0 Å². The van der Waals surface area contributed by atoms with Crippen molar-refractivity contribution in [2.75, 3.05) is 14.2 Å². The van der Waals surface area contributed by atoms with E-state index in [2.05, 4.69) is 30.3 Å². The minimum atomic E-state index is -1.10. The summed E-state index contributed by atoms with van der Waals surface area (Å²) in [6.07, 6.45) is 1.40. The van der Waals surface area contributed by atoms with Crippen LogP contribution in [-0.2, 0) is 31.9 Å². The van der Waals surface area contributed by atoms with Gasteiger partial charge in [-0.25, -0.2) is 0 Å². The first-order chi connectivity index (χ1) is 14.1. The molecular formula is C25H24O4. The second-order valence-electron chi connectivity index (χ2n) is 6.89. The van der Waals surface area contributed by atoms with Crippen LogP contribution < -0.4 is 0 Å². The van der Waals surface area contributed by atoms with Crippen LogP contribution in [0.2, 0.25) is 0 Å². The zero-order valence-corrected chi connectivity index (χ0v) is 16.6. The van der Waals surface area contributed by atoms with E-state index in [4.69, 9.17) is 9.47 Å². The Labute approximate surface area is 171 Å². The number of methoxy groups -OCH3 is 2. The highest BCUT2D eigenvalue weighted by Crippen LogP contribution is 2.25. The first-order valence-electron chi connectivity index (χ1n) is 9.47. The Morgan fingerprint density at radius 1 is 0.655 bits per heavy atom. The quantitative estimate of drug-likeness (QED) is 0.447. The molecule has 0 aliphatic carbocycles. The zero-order valence-electron chi connectivity index (χ0n) is 16.6. The number of ether oxygens (including phenoxy) is 2. The first kappa shape index (κ1) is 20.3. The Kier molecular flexibility index (Phi) is 6.80. The molecular weight excluding hydrogens is 364 g/mol. The summed E-state index contributed by atoms with van der Waals surface area (Å²) < 4.78 is 9.73. The van der Waals surface area contributed by atoms with Crippen molar-refractivity contribution in [1.82, 2.24) is 0 Å². The number of carbonyl (C=O) groups excluding carboxylic acids is 2. The molecule has 29 heavy (non-hydrogen) atoms. The van der Waals surface area contributed by atoms with E-state index < -0.39 is 17.9 Å². The molecule has 0 atom stereocenters. The largest absolute Gasteiger partial charge is 0.468 e. The molecule has 4 heteroatoms. The van der Waals surface area contributed by atoms with Gasteiger partial charge in [0.15, 0.2) is 5.92 Å². The van der Waals surface area contributed by atoms with Crippen LogP contribution in [0, 0.1) is 0 Å². The lowest BCUT2D eigenvalue weighted by atomic mass is 9.91. The average Bonchev–Trinajstić information content (AvgIpc) is 2.75. The Balaban J connectivity index is 2.03. The van der Waals surface area contributed by atoms with Gasteiger partial charge in [-0.05, 0) is 40.7 Å². The van der Waals surface area contributed by atoms with Gasteiger partial charge in [-0.3, -0.25) is 9.59 Å². The van der Waals surface area contributed by atoms with E-state index in [9.17, 15) is 9.59 Å². The summed E-state index contributed by atoms with van der Waals surface area (Å²) in [4.78, 5) is 24.7. The predicted molar refractivity (Wildman–Crippen MR) is 112 cm³/mol. The van der Waals surface area contributed by atoms with Gasteiger partial charge in [0.2, 0.25) is 0 Å². The number of carbonyl (C=O) groups is 2. The summed E-state index contributed by atoms with van der Waals surface area (Å²) in [6.45, 7) is 0. The molecule has 0 amide bonds. The van der Waals surface area contributed by atoms with Crippen molar-refractivity contribution in [3.8, 4) is 0 Å². The van der Waals surface area contributed by atoms with Crippen molar-refractivity contribution in [1.29, 1.82) is 0 Å². The van der Waals surface area contributed by atoms with Crippen molar-refractivity contribution in [2.24, 2.45) is 0 Å². The molecule has 0 N–H and O–H groups in total. The molecule has 0 saturated carbocycles. The minimum Gasteiger partial charge on any atom is -0.468 e. The highest BCUT2D eigenvalue weighted by atomic mass is 16.5. The number of esters is 2. The van der Waals surface area contributed by atoms with Crippen LogP contribution in [0.3, 0.4) is 0 Å². The van der Waals surface area contributed by atoms with E-state index in [1.165, 1.54) is 14.2 Å². The van der Waals surface area contributed by atoms with Gasteiger partial charge in [-0.1, -0.05) is 78.9 Å². The fourth-order valence-corrected chi connectivity index (χ4v) is 3.43. The first-order valence-corrected chi connectivity index (χ1v) is 9.47. The van der Waals surface area contributed by atoms with Crippen LogP contribution in [-0.4, -0.2) is 26.2 Å². The third-order valence-electron chi connectivity index (χ3n) is 4.78. The molecule has 0 saturated heterocycles. The normalized spacial score (nSPS) is 10.6. The Morgan fingerprint density at radius 2 is 1.07 bits per heavy atom. The van der Waals surface area contributed by atoms with Crippen molar-refractivity contribution in [3.63, 3.8) is 0 Å². The van der Waals surface area contributed by atoms with E-state index in [0.717, 1.165) is 22.3 Å². The van der Waals surface area contributed by atoms with E-state index in [1.807, 2.05) is 48.5 Å². The van der Waals surface area contributed by atoms with E-state index >= 15 is 0 Å². The lowest BCUT2D eigenvalue weighted by molar-refractivity contribution is -0.154. The lowest BCUT2D eigenvalue weighted by Gasteiger charge is -2.16. The van der Waals surface area contributed by atoms with Gasteiger partial charge in [-0.2, -0.15) is 0 Å². The van der Waals surface area contributed by atoms with Crippen LogP contribution in [0.4, 0.5) is 0 Å². The van der Waals surface area contributed by atoms with E-state index in [1.54, 1.807) is 0 Å². The molecule has 0 aromatic heterocycles. The van der Waals surface area contributed by atoms with Crippen molar-refractivity contribution >= 4 is 11.9 Å². The van der Waals surface area contributed by atoms with Crippen molar-refractivity contribution < 1.29 is 19.1 Å². The molecule has 3 aromatic carbocycles. The summed E-state index contributed by atoms with van der Waals surface area (Å²) in [5.74, 6) is -2.35. The fourth-order valence-electron chi connectivity index (χ4n) is 3.43. The maximum Gasteiger partial charge on any atom is 0.324 e. The Hall–Kier alpha value is -3.40. The lowest BCUT2D eigenvalue weighted by Crippen LogP contribution is -2.24. The highest BCUT2D eigenvalue weighted by Gasteiger charge is 2.31. The molecule has 0 aliphatic heterocycles. The number of benzene rings is 3. The molecule has 148 valence electrons. The number of hydrogen-bond donors (Lipinski definition) is 0. The maximum atomic E-state index is 12.3. The molecule has 0 fully saturated rings. The third-order valence-corrected chi connectivity index (χ3v) is 4.78. The monoisotopic (exact) mass is 388 g/mol. The van der Waals surface area contributed by atoms with Crippen molar-refractivity contribution in [2.45, 2.75) is 18.8 Å². The predicted octanol–water partition coefficient (Wildman–Crippen LogP) is 4.30. The average molecular weight is 388 g/mol. The van der Waals surface area contributed by atoms with Crippen molar-refractivity contribution in [3.05, 3.63) is 107 Å². The molecule has 0 heterocycles. The van der Waals surface area contributed by atoms with Gasteiger partial charge < -0.3 is 9.47 Å². The second kappa shape index (κ2) is 9.69. The van der Waals surface area contributed by atoms with E-state index in [-0.39, 0.29) is 0 Å². The standard InChI is InChI=1S/C25H24O4/c1-28-24(26)23(25(27)29-2)22-16-20(13-18-9-5-3-6-10-18)15-21(17-22)14-19-11-7-4-8-12-19/h3-12,15-17,23H,13-14H2,1-2H3. The molecule has 3 aromatic rings. The molecule has 0 aliphatic rings. The summed E-state index contributed by atoms with van der Waals surface area (Å²) in [6, 6.07) is 26.1. The molecule has 3 rings (SSSR count). The number of hydrogen-bond acceptors (Lipinski definition) is 4. The third kappa shape index (κ3) is 5.32. The smallest absolute Gasteiger partial charge is 0.324 e. The summed E-state index contributed by atoms with van der Waals surface area (Å²) in [7, 11) is 2.55. The topological polar surface area (TPSA) is 52.6 Å². The Bertz CT molecular complexity index is 889. The summed E-state index contributed by atoms with van der Waals surface area (Å²) >= 11 is 0. The maximum absolute atomic E-state index is 12.3. The molecule has 0 radical (unpaired) electrons. The summed E-state index contributed by atoms with van der Waals surface area (Å²) in [5.41, 5.74) is 4.95. The van der Waals surface area contributed by atoms with Gasteiger partial charge in [0.05, 0.1) is 14.2 Å². The van der Waals surface area contributed by atoms with Gasteiger partial charge in [0.1, 0.15) is 0 Å². The highest BCUT2D eigenvalue weighted by molar-refractivity contribution is 6.00. The van der Waals surface area contributed by atoms with Gasteiger partial charge >= 0.3 is 11.9 Å². The van der Waals surface area contributed by atoms with Gasteiger partial charge in [0.25, 0.3) is 0 Å². The van der Waals surface area contributed by atoms with Crippen LogP contribution >= 0.6 is 0 Å². The molecule has 4 nitrogen and oxygen atoms in total. The van der Waals surface area contributed by atoms with Gasteiger partial charge in [-0.15, -0.1) is 0 Å². The fraction of sp³-hybridized carbons (Fsp3) is 0.200. The van der Waals surface area contributed by atoms with Crippen LogP contribution in [0.1, 0.15) is 33.7 Å². The van der Waals surface area contributed by atoms with Crippen LogP contribution in [0.25, 0.3) is 0 Å².